The highest BCUT2D eigenvalue weighted by Gasteiger charge is 2.45. The average Bonchev–Trinajstić information content (AvgIpc) is 2.67. The van der Waals surface area contributed by atoms with Crippen molar-refractivity contribution in [2.24, 2.45) is 11.1 Å². The van der Waals surface area contributed by atoms with Crippen LogP contribution in [-0.2, 0) is 4.74 Å². The second-order valence-electron chi connectivity index (χ2n) is 4.70. The standard InChI is InChI=1S/C10H22N2O/c1-10(2)6-9(10)12-7-8(11)4-5-13-3/h8-9,12H,4-7,11H2,1-3H3. The predicted molar refractivity (Wildman–Crippen MR) is 54.7 cm³/mol. The van der Waals surface area contributed by atoms with E-state index in [1.165, 1.54) is 6.42 Å². The lowest BCUT2D eigenvalue weighted by Gasteiger charge is -2.12. The molecule has 0 aromatic carbocycles. The van der Waals surface area contributed by atoms with Crippen molar-refractivity contribution in [1.29, 1.82) is 0 Å². The molecule has 3 heteroatoms. The summed E-state index contributed by atoms with van der Waals surface area (Å²) in [5, 5.41) is 3.47. The van der Waals surface area contributed by atoms with Crippen molar-refractivity contribution in [2.45, 2.75) is 38.8 Å². The predicted octanol–water partition coefficient (Wildman–Crippen LogP) is 0.738. The van der Waals surface area contributed by atoms with Gasteiger partial charge < -0.3 is 15.8 Å². The average molecular weight is 186 g/mol. The highest BCUT2D eigenvalue weighted by molar-refractivity contribution is 5.01. The molecule has 78 valence electrons. The molecule has 0 saturated heterocycles. The molecule has 0 amide bonds. The van der Waals surface area contributed by atoms with Crippen molar-refractivity contribution < 1.29 is 4.74 Å². The molecule has 1 aliphatic carbocycles. The number of ether oxygens (including phenoxy) is 1. The van der Waals surface area contributed by atoms with Gasteiger partial charge in [-0.1, -0.05) is 13.8 Å². The fourth-order valence-corrected chi connectivity index (χ4v) is 1.48. The van der Waals surface area contributed by atoms with Crippen LogP contribution in [0.4, 0.5) is 0 Å². The first-order chi connectivity index (χ1) is 6.06. The summed E-state index contributed by atoms with van der Waals surface area (Å²) in [4.78, 5) is 0. The van der Waals surface area contributed by atoms with Crippen LogP contribution in [0.5, 0.6) is 0 Å². The minimum Gasteiger partial charge on any atom is -0.385 e. The minimum absolute atomic E-state index is 0.233. The van der Waals surface area contributed by atoms with Gasteiger partial charge in [-0.15, -0.1) is 0 Å². The zero-order valence-corrected chi connectivity index (χ0v) is 8.97. The molecular formula is C10H22N2O. The van der Waals surface area contributed by atoms with Crippen molar-refractivity contribution in [1.82, 2.24) is 5.32 Å². The van der Waals surface area contributed by atoms with Crippen LogP contribution < -0.4 is 11.1 Å². The summed E-state index contributed by atoms with van der Waals surface area (Å²) in [5.74, 6) is 0. The number of hydrogen-bond donors (Lipinski definition) is 2. The van der Waals surface area contributed by atoms with E-state index in [0.717, 1.165) is 19.6 Å². The van der Waals surface area contributed by atoms with Crippen molar-refractivity contribution in [3.05, 3.63) is 0 Å². The topological polar surface area (TPSA) is 47.3 Å². The van der Waals surface area contributed by atoms with E-state index in [1.807, 2.05) is 0 Å². The SMILES string of the molecule is COCCC(N)CNC1CC1(C)C. The van der Waals surface area contributed by atoms with Crippen LogP contribution in [0.3, 0.4) is 0 Å². The molecule has 0 aromatic rings. The van der Waals surface area contributed by atoms with Gasteiger partial charge in [-0.05, 0) is 18.3 Å². The second kappa shape index (κ2) is 4.40. The Hall–Kier alpha value is -0.120. The number of methoxy groups -OCH3 is 1. The van der Waals surface area contributed by atoms with Gasteiger partial charge >= 0.3 is 0 Å². The monoisotopic (exact) mass is 186 g/mol. The fourth-order valence-electron chi connectivity index (χ4n) is 1.48. The van der Waals surface area contributed by atoms with Gasteiger partial charge in [0, 0.05) is 32.3 Å². The normalized spacial score (nSPS) is 27.2. The Morgan fingerprint density at radius 2 is 2.23 bits per heavy atom. The molecule has 1 rings (SSSR count). The maximum absolute atomic E-state index is 5.88. The molecule has 0 heterocycles. The summed E-state index contributed by atoms with van der Waals surface area (Å²) in [5.41, 5.74) is 6.38. The lowest BCUT2D eigenvalue weighted by atomic mass is 10.2. The fraction of sp³-hybridized carbons (Fsp3) is 1.00. The maximum Gasteiger partial charge on any atom is 0.0477 e. The number of nitrogens with one attached hydrogen (secondary N) is 1. The van der Waals surface area contributed by atoms with Crippen LogP contribution in [0.25, 0.3) is 0 Å². The van der Waals surface area contributed by atoms with Gasteiger partial charge in [-0.2, -0.15) is 0 Å². The third-order valence-corrected chi connectivity index (χ3v) is 2.83. The number of hydrogen-bond acceptors (Lipinski definition) is 3. The molecule has 0 spiro atoms. The molecule has 0 aliphatic heterocycles. The highest BCUT2D eigenvalue weighted by Crippen LogP contribution is 2.44. The summed E-state index contributed by atoms with van der Waals surface area (Å²) in [7, 11) is 1.71. The van der Waals surface area contributed by atoms with E-state index in [0.29, 0.717) is 11.5 Å². The molecular weight excluding hydrogens is 164 g/mol. The largest absolute Gasteiger partial charge is 0.385 e. The molecule has 13 heavy (non-hydrogen) atoms. The molecule has 0 radical (unpaired) electrons. The third kappa shape index (κ3) is 3.63. The van der Waals surface area contributed by atoms with E-state index in [1.54, 1.807) is 7.11 Å². The second-order valence-corrected chi connectivity index (χ2v) is 4.70. The summed E-state index contributed by atoms with van der Waals surface area (Å²) in [6.45, 7) is 6.24. The van der Waals surface area contributed by atoms with Gasteiger partial charge in [-0.3, -0.25) is 0 Å². The molecule has 2 unspecified atom stereocenters. The molecule has 1 fully saturated rings. The Labute approximate surface area is 81.0 Å². The lowest BCUT2D eigenvalue weighted by Crippen LogP contribution is -2.36. The summed E-state index contributed by atoms with van der Waals surface area (Å²) >= 11 is 0. The maximum atomic E-state index is 5.88. The summed E-state index contributed by atoms with van der Waals surface area (Å²) in [6, 6.07) is 0.914. The van der Waals surface area contributed by atoms with E-state index < -0.39 is 0 Å². The van der Waals surface area contributed by atoms with Crippen LogP contribution >= 0.6 is 0 Å². The van der Waals surface area contributed by atoms with E-state index in [2.05, 4.69) is 19.2 Å². The molecule has 0 bridgehead atoms. The van der Waals surface area contributed by atoms with Crippen LogP contribution in [0.15, 0.2) is 0 Å². The summed E-state index contributed by atoms with van der Waals surface area (Å²) in [6.07, 6.45) is 2.22. The van der Waals surface area contributed by atoms with Gasteiger partial charge in [0.05, 0.1) is 0 Å². The third-order valence-electron chi connectivity index (χ3n) is 2.83. The Balaban J connectivity index is 2.00. The van der Waals surface area contributed by atoms with E-state index in [9.17, 15) is 0 Å². The first-order valence-corrected chi connectivity index (χ1v) is 5.04. The van der Waals surface area contributed by atoms with Crippen molar-refractivity contribution in [3.63, 3.8) is 0 Å². The smallest absolute Gasteiger partial charge is 0.0477 e. The zero-order chi connectivity index (χ0) is 9.90. The van der Waals surface area contributed by atoms with Crippen molar-refractivity contribution >= 4 is 0 Å². The van der Waals surface area contributed by atoms with Crippen molar-refractivity contribution in [2.75, 3.05) is 20.3 Å². The Morgan fingerprint density at radius 1 is 1.62 bits per heavy atom. The quantitative estimate of drug-likeness (QED) is 0.643. The number of rotatable bonds is 6. The first kappa shape index (κ1) is 11.0. The first-order valence-electron chi connectivity index (χ1n) is 5.04. The molecule has 3 nitrogen and oxygen atoms in total. The van der Waals surface area contributed by atoms with Gasteiger partial charge in [0.2, 0.25) is 0 Å². The minimum atomic E-state index is 0.233. The van der Waals surface area contributed by atoms with Crippen LogP contribution in [-0.4, -0.2) is 32.3 Å². The Bertz CT molecular complexity index is 159. The van der Waals surface area contributed by atoms with E-state index >= 15 is 0 Å². The van der Waals surface area contributed by atoms with E-state index in [4.69, 9.17) is 10.5 Å². The molecule has 1 aliphatic rings. The highest BCUT2D eigenvalue weighted by atomic mass is 16.5. The Morgan fingerprint density at radius 3 is 2.69 bits per heavy atom. The van der Waals surface area contributed by atoms with Crippen LogP contribution in [0.1, 0.15) is 26.7 Å². The summed E-state index contributed by atoms with van der Waals surface area (Å²) < 4.78 is 4.97. The molecule has 0 aromatic heterocycles. The molecule has 1 saturated carbocycles. The molecule has 3 N–H and O–H groups in total. The van der Waals surface area contributed by atoms with Gasteiger partial charge in [0.15, 0.2) is 0 Å². The molecule has 2 atom stereocenters. The van der Waals surface area contributed by atoms with Crippen LogP contribution in [0.2, 0.25) is 0 Å². The lowest BCUT2D eigenvalue weighted by molar-refractivity contribution is 0.187. The van der Waals surface area contributed by atoms with Crippen LogP contribution in [0, 0.1) is 5.41 Å². The van der Waals surface area contributed by atoms with Gasteiger partial charge in [0.25, 0.3) is 0 Å². The number of nitrogens with two attached hydrogens (primary N) is 1. The Kier molecular flexibility index (Phi) is 3.71. The van der Waals surface area contributed by atoms with E-state index in [-0.39, 0.29) is 6.04 Å². The van der Waals surface area contributed by atoms with Gasteiger partial charge in [0.1, 0.15) is 0 Å². The van der Waals surface area contributed by atoms with Gasteiger partial charge in [-0.25, -0.2) is 0 Å². The zero-order valence-electron chi connectivity index (χ0n) is 8.97. The van der Waals surface area contributed by atoms with Crippen molar-refractivity contribution in [3.8, 4) is 0 Å².